The maximum absolute atomic E-state index is 12.4. The van der Waals surface area contributed by atoms with Gasteiger partial charge in [-0.25, -0.2) is 0 Å². The van der Waals surface area contributed by atoms with Crippen LogP contribution in [0.5, 0.6) is 0 Å². The van der Waals surface area contributed by atoms with Gasteiger partial charge in [-0.2, -0.15) is 0 Å². The number of H-pyrrole nitrogens is 1. The van der Waals surface area contributed by atoms with Crippen molar-refractivity contribution in [1.29, 1.82) is 0 Å². The Morgan fingerprint density at radius 1 is 1.12 bits per heavy atom. The monoisotopic (exact) mass is 325 g/mol. The number of hydrogen-bond acceptors (Lipinski definition) is 3. The van der Waals surface area contributed by atoms with Gasteiger partial charge in [0.2, 0.25) is 0 Å². The van der Waals surface area contributed by atoms with Crippen molar-refractivity contribution < 1.29 is 14.0 Å². The predicted molar refractivity (Wildman–Crippen MR) is 91.0 cm³/mol. The summed E-state index contributed by atoms with van der Waals surface area (Å²) in [6.07, 6.45) is 0. The van der Waals surface area contributed by atoms with Gasteiger partial charge in [0.05, 0.1) is 6.54 Å². The topological polar surface area (TPSA) is 87.1 Å². The van der Waals surface area contributed by atoms with E-state index in [1.54, 1.807) is 12.1 Å². The van der Waals surface area contributed by atoms with Crippen LogP contribution in [-0.2, 0) is 6.54 Å². The maximum Gasteiger partial charge on any atom is 0.286 e. The van der Waals surface area contributed by atoms with Gasteiger partial charge in [-0.3, -0.25) is 9.59 Å². The Morgan fingerprint density at radius 3 is 2.67 bits per heavy atom. The standard InChI is InChI=1S/C18H19N3O3/c1-10-4-6-14-13(8-10)11(2)16(21-14)18(23)20-9-12-5-7-15(24-12)17(22)19-3/h4-8,21H,9H2,1-3H3,(H,19,22)(H,20,23). The van der Waals surface area contributed by atoms with Crippen molar-refractivity contribution >= 4 is 22.7 Å². The first kappa shape index (κ1) is 15.9. The van der Waals surface area contributed by atoms with Crippen molar-refractivity contribution in [2.75, 3.05) is 7.05 Å². The Bertz CT molecular complexity index is 921. The van der Waals surface area contributed by atoms with E-state index in [4.69, 9.17) is 4.42 Å². The largest absolute Gasteiger partial charge is 0.454 e. The lowest BCUT2D eigenvalue weighted by Gasteiger charge is -2.03. The summed E-state index contributed by atoms with van der Waals surface area (Å²) in [7, 11) is 1.53. The first-order chi connectivity index (χ1) is 11.5. The van der Waals surface area contributed by atoms with Crippen molar-refractivity contribution in [3.8, 4) is 0 Å². The zero-order valence-electron chi connectivity index (χ0n) is 13.8. The van der Waals surface area contributed by atoms with E-state index >= 15 is 0 Å². The lowest BCUT2D eigenvalue weighted by atomic mass is 10.1. The number of carbonyl (C=O) groups is 2. The maximum atomic E-state index is 12.4. The average Bonchev–Trinajstić information content (AvgIpc) is 3.17. The Balaban J connectivity index is 1.74. The van der Waals surface area contributed by atoms with E-state index < -0.39 is 0 Å². The van der Waals surface area contributed by atoms with Gasteiger partial charge in [-0.05, 0) is 43.7 Å². The first-order valence-electron chi connectivity index (χ1n) is 7.67. The third-order valence-electron chi connectivity index (χ3n) is 3.98. The Labute approximate surface area is 139 Å². The van der Waals surface area contributed by atoms with Crippen LogP contribution in [0.1, 0.15) is 37.9 Å². The summed E-state index contributed by atoms with van der Waals surface area (Å²) < 4.78 is 5.39. The van der Waals surface area contributed by atoms with E-state index in [-0.39, 0.29) is 24.1 Å². The minimum Gasteiger partial charge on any atom is -0.454 e. The number of hydrogen-bond donors (Lipinski definition) is 3. The molecule has 0 atom stereocenters. The molecule has 3 aromatic rings. The number of aromatic amines is 1. The molecule has 0 fully saturated rings. The zero-order valence-corrected chi connectivity index (χ0v) is 13.8. The van der Waals surface area contributed by atoms with E-state index in [1.807, 2.05) is 26.0 Å². The number of aryl methyl sites for hydroxylation is 2. The molecule has 0 radical (unpaired) electrons. The molecular weight excluding hydrogens is 306 g/mol. The Hall–Kier alpha value is -3.02. The Kier molecular flexibility index (Phi) is 4.12. The second-order valence-corrected chi connectivity index (χ2v) is 5.70. The highest BCUT2D eigenvalue weighted by Gasteiger charge is 2.15. The Morgan fingerprint density at radius 2 is 1.92 bits per heavy atom. The van der Waals surface area contributed by atoms with Crippen molar-refractivity contribution in [1.82, 2.24) is 15.6 Å². The molecule has 0 saturated heterocycles. The van der Waals surface area contributed by atoms with E-state index in [0.29, 0.717) is 11.5 Å². The van der Waals surface area contributed by atoms with E-state index in [9.17, 15) is 9.59 Å². The van der Waals surface area contributed by atoms with Gasteiger partial charge in [0.25, 0.3) is 11.8 Å². The molecule has 6 heteroatoms. The van der Waals surface area contributed by atoms with Crippen molar-refractivity contribution in [3.05, 3.63) is 58.7 Å². The van der Waals surface area contributed by atoms with Crippen molar-refractivity contribution in [3.63, 3.8) is 0 Å². The summed E-state index contributed by atoms with van der Waals surface area (Å²) in [5, 5.41) is 6.34. The van der Waals surface area contributed by atoms with Crippen LogP contribution in [0.25, 0.3) is 10.9 Å². The van der Waals surface area contributed by atoms with Gasteiger partial charge in [-0.1, -0.05) is 11.6 Å². The minimum absolute atomic E-state index is 0.209. The van der Waals surface area contributed by atoms with Crippen LogP contribution >= 0.6 is 0 Å². The molecule has 0 aliphatic heterocycles. The van der Waals surface area contributed by atoms with Crippen molar-refractivity contribution in [2.24, 2.45) is 0 Å². The average molecular weight is 325 g/mol. The van der Waals surface area contributed by atoms with Crippen LogP contribution in [0, 0.1) is 13.8 Å². The second kappa shape index (κ2) is 6.23. The number of benzene rings is 1. The fourth-order valence-electron chi connectivity index (χ4n) is 2.64. The molecule has 24 heavy (non-hydrogen) atoms. The predicted octanol–water partition coefficient (Wildman–Crippen LogP) is 2.67. The fourth-order valence-corrected chi connectivity index (χ4v) is 2.64. The molecule has 6 nitrogen and oxygen atoms in total. The van der Waals surface area contributed by atoms with Crippen LogP contribution in [0.4, 0.5) is 0 Å². The third-order valence-corrected chi connectivity index (χ3v) is 3.98. The molecule has 0 saturated carbocycles. The number of amides is 2. The molecule has 0 aliphatic carbocycles. The molecule has 3 N–H and O–H groups in total. The third kappa shape index (κ3) is 2.90. The SMILES string of the molecule is CNC(=O)c1ccc(CNC(=O)c2[nH]c3ccc(C)cc3c2C)o1. The van der Waals surface area contributed by atoms with Crippen LogP contribution in [-0.4, -0.2) is 23.8 Å². The van der Waals surface area contributed by atoms with Crippen LogP contribution in [0.15, 0.2) is 34.7 Å². The molecular formula is C18H19N3O3. The van der Waals surface area contributed by atoms with E-state index in [1.165, 1.54) is 7.05 Å². The molecule has 1 aromatic carbocycles. The van der Waals surface area contributed by atoms with Crippen LogP contribution < -0.4 is 10.6 Å². The molecule has 0 bridgehead atoms. The van der Waals surface area contributed by atoms with Gasteiger partial charge in [0.1, 0.15) is 11.5 Å². The quantitative estimate of drug-likeness (QED) is 0.689. The molecule has 2 heterocycles. The van der Waals surface area contributed by atoms with Crippen LogP contribution in [0.3, 0.4) is 0 Å². The molecule has 2 aromatic heterocycles. The molecule has 3 rings (SSSR count). The molecule has 0 unspecified atom stereocenters. The van der Waals surface area contributed by atoms with Gasteiger partial charge < -0.3 is 20.0 Å². The molecule has 0 spiro atoms. The highest BCUT2D eigenvalue weighted by atomic mass is 16.4. The number of rotatable bonds is 4. The summed E-state index contributed by atoms with van der Waals surface area (Å²) in [5.74, 6) is 0.235. The molecule has 0 aliphatic rings. The second-order valence-electron chi connectivity index (χ2n) is 5.70. The number of nitrogens with one attached hydrogen (secondary N) is 3. The van der Waals surface area contributed by atoms with E-state index in [2.05, 4.69) is 21.7 Å². The van der Waals surface area contributed by atoms with Gasteiger partial charge in [0.15, 0.2) is 5.76 Å². The first-order valence-corrected chi connectivity index (χ1v) is 7.67. The highest BCUT2D eigenvalue weighted by Crippen LogP contribution is 2.22. The van der Waals surface area contributed by atoms with Gasteiger partial charge in [-0.15, -0.1) is 0 Å². The van der Waals surface area contributed by atoms with Crippen molar-refractivity contribution in [2.45, 2.75) is 20.4 Å². The normalized spacial score (nSPS) is 10.8. The summed E-state index contributed by atoms with van der Waals surface area (Å²) >= 11 is 0. The zero-order chi connectivity index (χ0) is 17.3. The van der Waals surface area contributed by atoms with Crippen LogP contribution in [0.2, 0.25) is 0 Å². The van der Waals surface area contributed by atoms with E-state index in [0.717, 1.165) is 22.0 Å². The highest BCUT2D eigenvalue weighted by molar-refractivity contribution is 6.01. The molecule has 124 valence electrons. The lowest BCUT2D eigenvalue weighted by Crippen LogP contribution is -2.23. The number of carbonyl (C=O) groups excluding carboxylic acids is 2. The van der Waals surface area contributed by atoms with Gasteiger partial charge >= 0.3 is 0 Å². The summed E-state index contributed by atoms with van der Waals surface area (Å²) in [6, 6.07) is 9.28. The number of furan rings is 1. The summed E-state index contributed by atoms with van der Waals surface area (Å²) in [6.45, 7) is 4.15. The lowest BCUT2D eigenvalue weighted by molar-refractivity contribution is 0.0933. The molecule has 2 amide bonds. The smallest absolute Gasteiger partial charge is 0.286 e. The number of aromatic nitrogens is 1. The summed E-state index contributed by atoms with van der Waals surface area (Å²) in [5.41, 5.74) is 3.53. The fraction of sp³-hybridized carbons (Fsp3) is 0.222. The van der Waals surface area contributed by atoms with Gasteiger partial charge in [0, 0.05) is 18.0 Å². The number of fused-ring (bicyclic) bond motifs is 1. The minimum atomic E-state index is -0.297. The summed E-state index contributed by atoms with van der Waals surface area (Å²) in [4.78, 5) is 27.0.